The van der Waals surface area contributed by atoms with E-state index >= 15 is 0 Å². The van der Waals surface area contributed by atoms with Crippen molar-refractivity contribution in [2.45, 2.75) is 33.9 Å². The first-order valence-electron chi connectivity index (χ1n) is 9.02. The fourth-order valence-corrected chi connectivity index (χ4v) is 3.08. The Morgan fingerprint density at radius 1 is 1.04 bits per heavy atom. The molecule has 1 N–H and O–H groups in total. The van der Waals surface area contributed by atoms with Gasteiger partial charge in [-0.05, 0) is 43.8 Å². The van der Waals surface area contributed by atoms with Crippen LogP contribution >= 0.6 is 15.9 Å². The first-order valence-corrected chi connectivity index (χ1v) is 9.81. The third kappa shape index (κ3) is 6.81. The fourth-order valence-electron chi connectivity index (χ4n) is 2.67. The van der Waals surface area contributed by atoms with Crippen molar-refractivity contribution in [1.29, 1.82) is 0 Å². The summed E-state index contributed by atoms with van der Waals surface area (Å²) >= 11 is 3.56. The third-order valence-electron chi connectivity index (χ3n) is 4.35. The molecule has 0 radical (unpaired) electrons. The standard InChI is InChI=1S/C21H29BrN2O/c1-4-24(5-2)13-12-23-15-19-14-20(22)10-11-21(19)25-16-18-8-6-17(3)7-9-18/h6-11,14,23H,4-5,12-13,15-16H2,1-3H3. The number of nitrogens with one attached hydrogen (secondary N) is 1. The summed E-state index contributed by atoms with van der Waals surface area (Å²) < 4.78 is 7.15. The van der Waals surface area contributed by atoms with Crippen LogP contribution in [0.2, 0.25) is 0 Å². The summed E-state index contributed by atoms with van der Waals surface area (Å²) in [6, 6.07) is 14.7. The van der Waals surface area contributed by atoms with Gasteiger partial charge in [0, 0.05) is 29.7 Å². The van der Waals surface area contributed by atoms with Crippen LogP contribution in [0.1, 0.15) is 30.5 Å². The van der Waals surface area contributed by atoms with E-state index in [4.69, 9.17) is 4.74 Å². The van der Waals surface area contributed by atoms with Crippen LogP contribution in [0.4, 0.5) is 0 Å². The summed E-state index contributed by atoms with van der Waals surface area (Å²) in [7, 11) is 0. The molecule has 2 aromatic carbocycles. The van der Waals surface area contributed by atoms with Gasteiger partial charge in [-0.25, -0.2) is 0 Å². The van der Waals surface area contributed by atoms with E-state index in [1.807, 2.05) is 12.1 Å². The molecule has 2 rings (SSSR count). The molecule has 0 atom stereocenters. The van der Waals surface area contributed by atoms with Crippen molar-refractivity contribution < 1.29 is 4.74 Å². The molecule has 136 valence electrons. The number of halogens is 1. The molecule has 0 amide bonds. The summed E-state index contributed by atoms with van der Waals surface area (Å²) in [5.74, 6) is 0.944. The van der Waals surface area contributed by atoms with Gasteiger partial charge < -0.3 is 15.0 Å². The largest absolute Gasteiger partial charge is 0.489 e. The van der Waals surface area contributed by atoms with Gasteiger partial charge in [-0.1, -0.05) is 59.6 Å². The summed E-state index contributed by atoms with van der Waals surface area (Å²) in [6.45, 7) is 12.1. The molecule has 0 aliphatic carbocycles. The molecule has 3 nitrogen and oxygen atoms in total. The Kier molecular flexibility index (Phi) is 8.45. The highest BCUT2D eigenvalue weighted by Gasteiger charge is 2.06. The van der Waals surface area contributed by atoms with Gasteiger partial charge in [0.05, 0.1) is 0 Å². The molecule has 0 aliphatic heterocycles. The van der Waals surface area contributed by atoms with Gasteiger partial charge in [0.1, 0.15) is 12.4 Å². The summed E-state index contributed by atoms with van der Waals surface area (Å²) in [5, 5.41) is 3.53. The van der Waals surface area contributed by atoms with E-state index < -0.39 is 0 Å². The smallest absolute Gasteiger partial charge is 0.124 e. The first kappa shape index (κ1) is 20.0. The zero-order valence-corrected chi connectivity index (χ0v) is 17.1. The summed E-state index contributed by atoms with van der Waals surface area (Å²) in [4.78, 5) is 2.42. The van der Waals surface area contributed by atoms with Crippen molar-refractivity contribution in [3.05, 3.63) is 63.6 Å². The van der Waals surface area contributed by atoms with E-state index in [9.17, 15) is 0 Å². The number of ether oxygens (including phenoxy) is 1. The second-order valence-corrected chi connectivity index (χ2v) is 7.15. The van der Waals surface area contributed by atoms with Crippen LogP contribution in [0, 0.1) is 6.92 Å². The lowest BCUT2D eigenvalue weighted by atomic mass is 10.1. The molecule has 0 fully saturated rings. The third-order valence-corrected chi connectivity index (χ3v) is 4.85. The molecular formula is C21H29BrN2O. The molecule has 0 heterocycles. The molecule has 0 unspecified atom stereocenters. The fraction of sp³-hybridized carbons (Fsp3) is 0.429. The Morgan fingerprint density at radius 2 is 1.76 bits per heavy atom. The number of hydrogen-bond donors (Lipinski definition) is 1. The van der Waals surface area contributed by atoms with Crippen molar-refractivity contribution in [3.63, 3.8) is 0 Å². The normalized spacial score (nSPS) is 11.1. The van der Waals surface area contributed by atoms with Gasteiger partial charge in [0.15, 0.2) is 0 Å². The molecule has 2 aromatic rings. The maximum Gasteiger partial charge on any atom is 0.124 e. The topological polar surface area (TPSA) is 24.5 Å². The van der Waals surface area contributed by atoms with Crippen molar-refractivity contribution in [2.75, 3.05) is 26.2 Å². The van der Waals surface area contributed by atoms with Gasteiger partial charge in [-0.3, -0.25) is 0 Å². The zero-order valence-electron chi connectivity index (χ0n) is 15.5. The second-order valence-electron chi connectivity index (χ2n) is 6.23. The Balaban J connectivity index is 1.91. The lowest BCUT2D eigenvalue weighted by Gasteiger charge is -2.18. The van der Waals surface area contributed by atoms with Gasteiger partial charge >= 0.3 is 0 Å². The van der Waals surface area contributed by atoms with Crippen LogP contribution in [0.5, 0.6) is 5.75 Å². The Labute approximate surface area is 160 Å². The Bertz CT molecular complexity index is 639. The number of aryl methyl sites for hydroxylation is 1. The average Bonchev–Trinajstić information content (AvgIpc) is 2.62. The first-order chi connectivity index (χ1) is 12.1. The minimum absolute atomic E-state index is 0.592. The van der Waals surface area contributed by atoms with E-state index in [1.54, 1.807) is 0 Å². The summed E-state index contributed by atoms with van der Waals surface area (Å²) in [6.07, 6.45) is 0. The van der Waals surface area contributed by atoms with Crippen LogP contribution in [0.3, 0.4) is 0 Å². The number of hydrogen-bond acceptors (Lipinski definition) is 3. The second kappa shape index (κ2) is 10.6. The Morgan fingerprint density at radius 3 is 2.44 bits per heavy atom. The van der Waals surface area contributed by atoms with Crippen LogP contribution < -0.4 is 10.1 Å². The highest BCUT2D eigenvalue weighted by molar-refractivity contribution is 9.10. The quantitative estimate of drug-likeness (QED) is 0.577. The van der Waals surface area contributed by atoms with Crippen molar-refractivity contribution in [1.82, 2.24) is 10.2 Å². The van der Waals surface area contributed by atoms with Gasteiger partial charge in [0.25, 0.3) is 0 Å². The van der Waals surface area contributed by atoms with E-state index in [-0.39, 0.29) is 0 Å². The highest BCUT2D eigenvalue weighted by atomic mass is 79.9. The van der Waals surface area contributed by atoms with E-state index in [2.05, 4.69) is 77.2 Å². The number of likely N-dealkylation sites (N-methyl/N-ethyl adjacent to an activating group) is 1. The van der Waals surface area contributed by atoms with Crippen molar-refractivity contribution in [3.8, 4) is 5.75 Å². The zero-order chi connectivity index (χ0) is 18.1. The minimum Gasteiger partial charge on any atom is -0.489 e. The number of benzene rings is 2. The molecule has 4 heteroatoms. The van der Waals surface area contributed by atoms with Crippen LogP contribution in [-0.2, 0) is 13.2 Å². The van der Waals surface area contributed by atoms with Gasteiger partial charge in [-0.2, -0.15) is 0 Å². The lowest BCUT2D eigenvalue weighted by molar-refractivity contribution is 0.295. The maximum absolute atomic E-state index is 6.07. The van der Waals surface area contributed by atoms with Crippen molar-refractivity contribution >= 4 is 15.9 Å². The van der Waals surface area contributed by atoms with E-state index in [0.717, 1.165) is 42.9 Å². The molecule has 0 aliphatic rings. The van der Waals surface area contributed by atoms with Crippen LogP contribution in [0.25, 0.3) is 0 Å². The monoisotopic (exact) mass is 404 g/mol. The SMILES string of the molecule is CCN(CC)CCNCc1cc(Br)ccc1OCc1ccc(C)cc1. The lowest BCUT2D eigenvalue weighted by Crippen LogP contribution is -2.31. The number of nitrogens with zero attached hydrogens (tertiary/aromatic N) is 1. The molecule has 25 heavy (non-hydrogen) atoms. The maximum atomic E-state index is 6.07. The predicted molar refractivity (Wildman–Crippen MR) is 109 cm³/mol. The van der Waals surface area contributed by atoms with Crippen molar-refractivity contribution in [2.24, 2.45) is 0 Å². The molecule has 0 saturated carbocycles. The summed E-state index contributed by atoms with van der Waals surface area (Å²) in [5.41, 5.74) is 3.64. The molecule has 0 spiro atoms. The van der Waals surface area contributed by atoms with E-state index in [0.29, 0.717) is 6.61 Å². The molecule has 0 saturated heterocycles. The number of rotatable bonds is 10. The van der Waals surface area contributed by atoms with Gasteiger partial charge in [0.2, 0.25) is 0 Å². The molecular weight excluding hydrogens is 376 g/mol. The molecule has 0 bridgehead atoms. The van der Waals surface area contributed by atoms with Gasteiger partial charge in [-0.15, -0.1) is 0 Å². The van der Waals surface area contributed by atoms with Crippen LogP contribution in [-0.4, -0.2) is 31.1 Å². The van der Waals surface area contributed by atoms with Crippen LogP contribution in [0.15, 0.2) is 46.9 Å². The highest BCUT2D eigenvalue weighted by Crippen LogP contribution is 2.24. The van der Waals surface area contributed by atoms with E-state index in [1.165, 1.54) is 16.7 Å². The molecule has 0 aromatic heterocycles. The minimum atomic E-state index is 0.592. The predicted octanol–water partition coefficient (Wildman–Crippen LogP) is 4.77. The average molecular weight is 405 g/mol. The Hall–Kier alpha value is -1.36.